The molecule has 2 N–H and O–H groups in total. The Morgan fingerprint density at radius 1 is 0.935 bits per heavy atom. The van der Waals surface area contributed by atoms with Crippen LogP contribution in [0.2, 0.25) is 18.1 Å². The highest BCUT2D eigenvalue weighted by atomic mass is 28.4. The Kier molecular flexibility index (Phi) is 11.3. The number of carbonyl (C=O) groups excluding carboxylic acids is 2. The molecule has 0 aliphatic rings. The number of nitrogens with one attached hydrogen (secondary N) is 2. The monoisotopic (exact) mass is 458 g/mol. The predicted octanol–water partition coefficient (Wildman–Crippen LogP) is 5.72. The molecule has 0 bridgehead atoms. The molecule has 184 valence electrons. The average Bonchev–Trinajstić information content (AvgIpc) is 2.53. The molecule has 0 spiro atoms. The van der Waals surface area contributed by atoms with E-state index in [0.717, 1.165) is 6.42 Å². The fraction of sp³-hybridized carbons (Fsp3) is 0.917. The third-order valence-corrected chi connectivity index (χ3v) is 10.5. The van der Waals surface area contributed by atoms with Gasteiger partial charge in [0.1, 0.15) is 5.60 Å². The maximum atomic E-state index is 12.7. The number of alkyl carbamates (subject to hydrolysis) is 1. The van der Waals surface area contributed by atoms with Crippen LogP contribution in [0.5, 0.6) is 0 Å². The van der Waals surface area contributed by atoms with E-state index in [1.165, 1.54) is 0 Å². The van der Waals surface area contributed by atoms with E-state index in [0.29, 0.717) is 12.3 Å². The first-order valence-electron chi connectivity index (χ1n) is 11.7. The van der Waals surface area contributed by atoms with Gasteiger partial charge < -0.3 is 19.8 Å². The van der Waals surface area contributed by atoms with Gasteiger partial charge in [-0.05, 0) is 63.6 Å². The quantitative estimate of drug-likeness (QED) is 0.410. The minimum atomic E-state index is -2.15. The van der Waals surface area contributed by atoms with Crippen molar-refractivity contribution in [1.82, 2.24) is 10.6 Å². The van der Waals surface area contributed by atoms with Gasteiger partial charge in [-0.2, -0.15) is 0 Å². The largest absolute Gasteiger partial charge is 0.444 e. The van der Waals surface area contributed by atoms with Gasteiger partial charge in [0.15, 0.2) is 8.32 Å². The number of carbonyl (C=O) groups is 2. The summed E-state index contributed by atoms with van der Waals surface area (Å²) in [5.41, 5.74) is -0.579. The van der Waals surface area contributed by atoms with Crippen molar-refractivity contribution in [3.8, 4) is 0 Å². The third kappa shape index (κ3) is 10.9. The summed E-state index contributed by atoms with van der Waals surface area (Å²) in [5.74, 6) is 0.323. The minimum absolute atomic E-state index is 0.0133. The van der Waals surface area contributed by atoms with Crippen LogP contribution in [0.4, 0.5) is 4.79 Å². The summed E-state index contributed by atoms with van der Waals surface area (Å²) >= 11 is 0. The van der Waals surface area contributed by atoms with Crippen LogP contribution in [-0.4, -0.2) is 45.1 Å². The number of rotatable bonds is 10. The Labute approximate surface area is 192 Å². The second-order valence-corrected chi connectivity index (χ2v) is 16.8. The van der Waals surface area contributed by atoms with Gasteiger partial charge in [0, 0.05) is 13.0 Å². The van der Waals surface area contributed by atoms with Gasteiger partial charge in [-0.25, -0.2) is 4.79 Å². The first kappa shape index (κ1) is 29.9. The van der Waals surface area contributed by atoms with E-state index in [1.54, 1.807) is 7.05 Å². The van der Waals surface area contributed by atoms with Gasteiger partial charge in [-0.15, -0.1) is 0 Å². The minimum Gasteiger partial charge on any atom is -0.444 e. The molecule has 0 unspecified atom stereocenters. The Morgan fingerprint density at radius 3 is 1.81 bits per heavy atom. The van der Waals surface area contributed by atoms with Crippen molar-refractivity contribution in [3.63, 3.8) is 0 Å². The van der Waals surface area contributed by atoms with Crippen LogP contribution in [-0.2, 0) is 14.0 Å². The van der Waals surface area contributed by atoms with E-state index < -0.39 is 20.0 Å². The van der Waals surface area contributed by atoms with Crippen LogP contribution in [0.15, 0.2) is 0 Å². The summed E-state index contributed by atoms with van der Waals surface area (Å²) in [5, 5.41) is 5.90. The van der Waals surface area contributed by atoms with E-state index in [1.807, 2.05) is 20.8 Å². The summed E-state index contributed by atoms with van der Waals surface area (Å²) < 4.78 is 12.4. The molecule has 7 heteroatoms. The average molecular weight is 459 g/mol. The molecule has 0 fully saturated rings. The van der Waals surface area contributed by atoms with Gasteiger partial charge >= 0.3 is 6.09 Å². The molecule has 0 saturated carbocycles. The highest BCUT2D eigenvalue weighted by Gasteiger charge is 2.42. The van der Waals surface area contributed by atoms with Gasteiger partial charge in [0.05, 0.1) is 12.1 Å². The molecular weight excluding hydrogens is 408 g/mol. The standard InChI is InChI=1S/C24H50N2O4Si/c1-16(2)14-19(26-22(28)29-23(5,6)7)20(30-31(12,13)24(8,9)10)15-18(17(3)4)21(27)25-11/h16-20H,14-15H2,1-13H3,(H,25,27)(H,26,28)/t18-,19-,20-/m0/s1. The first-order chi connectivity index (χ1) is 13.8. The van der Waals surface area contributed by atoms with Gasteiger partial charge in [0.25, 0.3) is 0 Å². The number of hydrogen-bond donors (Lipinski definition) is 2. The zero-order valence-corrected chi connectivity index (χ0v) is 23.4. The van der Waals surface area contributed by atoms with Crippen LogP contribution in [0.3, 0.4) is 0 Å². The summed E-state index contributed by atoms with van der Waals surface area (Å²) in [4.78, 5) is 25.3. The topological polar surface area (TPSA) is 76.7 Å². The summed E-state index contributed by atoms with van der Waals surface area (Å²) in [7, 11) is -0.477. The lowest BCUT2D eigenvalue weighted by Gasteiger charge is -2.43. The van der Waals surface area contributed by atoms with E-state index in [-0.39, 0.29) is 34.9 Å². The summed E-state index contributed by atoms with van der Waals surface area (Å²) in [6, 6.07) is -0.241. The molecule has 0 aromatic carbocycles. The number of ether oxygens (including phenoxy) is 1. The van der Waals surface area contributed by atoms with E-state index >= 15 is 0 Å². The molecule has 6 nitrogen and oxygen atoms in total. The number of amides is 2. The second kappa shape index (κ2) is 11.7. The van der Waals surface area contributed by atoms with Crippen LogP contribution in [0, 0.1) is 17.8 Å². The molecule has 0 rings (SSSR count). The zero-order valence-electron chi connectivity index (χ0n) is 22.4. The highest BCUT2D eigenvalue weighted by molar-refractivity contribution is 6.74. The van der Waals surface area contributed by atoms with Crippen molar-refractivity contribution < 1.29 is 18.8 Å². The third-order valence-electron chi connectivity index (χ3n) is 6.00. The smallest absolute Gasteiger partial charge is 0.407 e. The Balaban J connectivity index is 6.08. The van der Waals surface area contributed by atoms with Crippen LogP contribution < -0.4 is 10.6 Å². The fourth-order valence-electron chi connectivity index (χ4n) is 3.24. The zero-order chi connectivity index (χ0) is 24.8. The van der Waals surface area contributed by atoms with E-state index in [9.17, 15) is 9.59 Å². The first-order valence-corrected chi connectivity index (χ1v) is 14.6. The molecule has 0 saturated heterocycles. The lowest BCUT2D eigenvalue weighted by atomic mass is 9.85. The molecule has 0 heterocycles. The van der Waals surface area contributed by atoms with Gasteiger partial charge in [-0.3, -0.25) is 4.79 Å². The molecule has 0 aromatic rings. The molecule has 0 aliphatic heterocycles. The van der Waals surface area contributed by atoms with E-state index in [4.69, 9.17) is 9.16 Å². The Hall–Kier alpha value is -1.08. The fourth-order valence-corrected chi connectivity index (χ4v) is 4.61. The number of hydrogen-bond acceptors (Lipinski definition) is 4. The summed E-state index contributed by atoms with van der Waals surface area (Å²) in [6.07, 6.45) is 0.581. The molecule has 31 heavy (non-hydrogen) atoms. The van der Waals surface area contributed by atoms with Crippen molar-refractivity contribution in [2.45, 2.75) is 118 Å². The molecular formula is C24H50N2O4Si. The van der Waals surface area contributed by atoms with Gasteiger partial charge in [-0.1, -0.05) is 48.5 Å². The Bertz CT molecular complexity index is 577. The van der Waals surface area contributed by atoms with E-state index in [2.05, 4.69) is 72.2 Å². The predicted molar refractivity (Wildman–Crippen MR) is 132 cm³/mol. The Morgan fingerprint density at radius 2 is 1.45 bits per heavy atom. The van der Waals surface area contributed by atoms with Gasteiger partial charge in [0.2, 0.25) is 5.91 Å². The van der Waals surface area contributed by atoms with Crippen LogP contribution in [0.1, 0.15) is 82.1 Å². The molecule has 0 radical (unpaired) electrons. The highest BCUT2D eigenvalue weighted by Crippen LogP contribution is 2.39. The molecule has 0 aromatic heterocycles. The van der Waals surface area contributed by atoms with Crippen molar-refractivity contribution in [1.29, 1.82) is 0 Å². The van der Waals surface area contributed by atoms with Crippen molar-refractivity contribution >= 4 is 20.3 Å². The van der Waals surface area contributed by atoms with Crippen molar-refractivity contribution in [2.24, 2.45) is 17.8 Å². The molecule has 0 aliphatic carbocycles. The second-order valence-electron chi connectivity index (χ2n) is 12.0. The summed E-state index contributed by atoms with van der Waals surface area (Å²) in [6.45, 7) is 25.0. The normalized spacial score (nSPS) is 16.1. The van der Waals surface area contributed by atoms with Crippen LogP contribution >= 0.6 is 0 Å². The lowest BCUT2D eigenvalue weighted by Crippen LogP contribution is -2.54. The van der Waals surface area contributed by atoms with Crippen molar-refractivity contribution in [2.75, 3.05) is 7.05 Å². The molecule has 2 amide bonds. The van der Waals surface area contributed by atoms with Crippen LogP contribution in [0.25, 0.3) is 0 Å². The maximum Gasteiger partial charge on any atom is 0.407 e. The SMILES string of the molecule is CNC(=O)[C@@H](C[C@H](O[Si](C)(C)C(C)(C)C)[C@H](CC(C)C)NC(=O)OC(C)(C)C)C(C)C. The maximum absolute atomic E-state index is 12.7. The molecule has 3 atom stereocenters. The lowest BCUT2D eigenvalue weighted by molar-refractivity contribution is -0.127. The van der Waals surface area contributed by atoms with Crippen molar-refractivity contribution in [3.05, 3.63) is 0 Å².